The zero-order chi connectivity index (χ0) is 24.7. The summed E-state index contributed by atoms with van der Waals surface area (Å²) in [6.45, 7) is 1.98. The molecule has 10 heteroatoms. The first-order valence-electron chi connectivity index (χ1n) is 10.6. The highest BCUT2D eigenvalue weighted by molar-refractivity contribution is 6.33. The fraction of sp³-hybridized carbons (Fsp3) is 0.0800. The van der Waals surface area contributed by atoms with Gasteiger partial charge >= 0.3 is 0 Å². The Morgan fingerprint density at radius 3 is 2.77 bits per heavy atom. The van der Waals surface area contributed by atoms with E-state index in [1.165, 1.54) is 30.3 Å². The first-order chi connectivity index (χ1) is 16.8. The maximum absolute atomic E-state index is 15.4. The number of aromatic amines is 1. The van der Waals surface area contributed by atoms with Crippen molar-refractivity contribution >= 4 is 47.4 Å². The normalized spacial score (nSPS) is 11.1. The Morgan fingerprint density at radius 2 is 1.97 bits per heavy atom. The molecule has 0 saturated carbocycles. The molecule has 2 aromatic heterocycles. The lowest BCUT2D eigenvalue weighted by Crippen LogP contribution is -1.99. The fourth-order valence-corrected chi connectivity index (χ4v) is 4.26. The second-order valence-corrected chi connectivity index (χ2v) is 8.93. The Kier molecular flexibility index (Phi) is 5.97. The molecule has 0 fully saturated rings. The highest BCUT2D eigenvalue weighted by atomic mass is 35.5. The predicted molar refractivity (Wildman–Crippen MR) is 135 cm³/mol. The van der Waals surface area contributed by atoms with Gasteiger partial charge in [0.1, 0.15) is 19.3 Å². The standard InChI is InChI=1S/C25H16BCl2FN4O2/c1-12-18-9-15(26)3-5-20(18)31-23(12)25-33-32-21(35-25)8-14-2-4-19(28)24(22(14)29)34-17-7-13(11-30)6-16(27)10-17/h2-7,9-10,31H,8,26H2,1H3. The second kappa shape index (κ2) is 9.10. The van der Waals surface area contributed by atoms with Gasteiger partial charge in [0.15, 0.2) is 11.6 Å². The molecule has 6 nitrogen and oxygen atoms in total. The maximum Gasteiger partial charge on any atom is 0.264 e. The molecule has 3 aromatic carbocycles. The summed E-state index contributed by atoms with van der Waals surface area (Å²) in [5.41, 5.74) is 4.36. The lowest BCUT2D eigenvalue weighted by Gasteiger charge is -2.11. The van der Waals surface area contributed by atoms with Crippen molar-refractivity contribution < 1.29 is 13.5 Å². The Labute approximate surface area is 210 Å². The molecule has 0 unspecified atom stereocenters. The van der Waals surface area contributed by atoms with E-state index in [2.05, 4.69) is 21.2 Å². The van der Waals surface area contributed by atoms with Crippen LogP contribution in [0.4, 0.5) is 4.39 Å². The third kappa shape index (κ3) is 4.48. The summed E-state index contributed by atoms with van der Waals surface area (Å²) in [7, 11) is 2.03. The average Bonchev–Trinajstić information content (AvgIpc) is 3.42. The fourth-order valence-electron chi connectivity index (χ4n) is 3.85. The van der Waals surface area contributed by atoms with Crippen LogP contribution in [0.1, 0.15) is 22.6 Å². The number of halogens is 3. The van der Waals surface area contributed by atoms with E-state index in [1.54, 1.807) is 0 Å². The minimum absolute atomic E-state index is 0.0315. The van der Waals surface area contributed by atoms with Gasteiger partial charge in [0.2, 0.25) is 5.89 Å². The van der Waals surface area contributed by atoms with Gasteiger partial charge in [0, 0.05) is 21.5 Å². The zero-order valence-corrected chi connectivity index (χ0v) is 20.1. The Bertz CT molecular complexity index is 1640. The van der Waals surface area contributed by atoms with E-state index >= 15 is 4.39 Å². The summed E-state index contributed by atoms with van der Waals surface area (Å²) in [5.74, 6) is -0.113. The number of benzene rings is 3. The van der Waals surface area contributed by atoms with Gasteiger partial charge in [-0.05, 0) is 42.8 Å². The van der Waals surface area contributed by atoms with Gasteiger partial charge in [0.05, 0.1) is 23.1 Å². The van der Waals surface area contributed by atoms with Crippen molar-refractivity contribution in [2.24, 2.45) is 0 Å². The minimum Gasteiger partial charge on any atom is -0.453 e. The monoisotopic (exact) mass is 504 g/mol. The third-order valence-electron chi connectivity index (χ3n) is 5.59. The highest BCUT2D eigenvalue weighted by Crippen LogP contribution is 2.36. The van der Waals surface area contributed by atoms with Crippen molar-refractivity contribution in [3.05, 3.63) is 87.0 Å². The second-order valence-electron chi connectivity index (χ2n) is 8.09. The molecule has 0 spiro atoms. The number of hydrogen-bond donors (Lipinski definition) is 1. The average molecular weight is 505 g/mol. The van der Waals surface area contributed by atoms with E-state index in [-0.39, 0.29) is 45.0 Å². The lowest BCUT2D eigenvalue weighted by atomic mass is 9.94. The van der Waals surface area contributed by atoms with Crippen molar-refractivity contribution in [2.75, 3.05) is 0 Å². The molecule has 5 rings (SSSR count). The number of ether oxygens (including phenoxy) is 1. The number of H-pyrrole nitrogens is 1. The van der Waals surface area contributed by atoms with Gasteiger partial charge in [-0.2, -0.15) is 5.26 Å². The van der Waals surface area contributed by atoms with E-state index in [1.807, 2.05) is 33.0 Å². The number of nitriles is 1. The molecular formula is C25H16BCl2FN4O2. The predicted octanol–water partition coefficient (Wildman–Crippen LogP) is 5.49. The molecule has 172 valence electrons. The van der Waals surface area contributed by atoms with Crippen LogP contribution in [-0.2, 0) is 6.42 Å². The summed E-state index contributed by atoms with van der Waals surface area (Å²) >= 11 is 12.2. The van der Waals surface area contributed by atoms with Crippen LogP contribution in [0.25, 0.3) is 22.5 Å². The van der Waals surface area contributed by atoms with Crippen LogP contribution in [0.3, 0.4) is 0 Å². The molecular weight excluding hydrogens is 489 g/mol. The smallest absolute Gasteiger partial charge is 0.264 e. The third-order valence-corrected chi connectivity index (χ3v) is 6.10. The number of nitrogens with zero attached hydrogens (tertiary/aromatic N) is 3. The first-order valence-corrected chi connectivity index (χ1v) is 11.3. The molecule has 2 heterocycles. The van der Waals surface area contributed by atoms with Gasteiger partial charge < -0.3 is 14.1 Å². The van der Waals surface area contributed by atoms with E-state index in [0.29, 0.717) is 5.89 Å². The number of rotatable bonds is 5. The van der Waals surface area contributed by atoms with Crippen molar-refractivity contribution in [2.45, 2.75) is 13.3 Å². The van der Waals surface area contributed by atoms with Gasteiger partial charge in [-0.15, -0.1) is 10.2 Å². The van der Waals surface area contributed by atoms with Crippen LogP contribution in [0.5, 0.6) is 11.5 Å². The van der Waals surface area contributed by atoms with E-state index in [0.717, 1.165) is 27.6 Å². The van der Waals surface area contributed by atoms with Gasteiger partial charge in [-0.1, -0.05) is 46.9 Å². The number of aromatic nitrogens is 3. The van der Waals surface area contributed by atoms with Crippen LogP contribution in [-0.4, -0.2) is 23.0 Å². The van der Waals surface area contributed by atoms with Crippen molar-refractivity contribution in [3.63, 3.8) is 0 Å². The minimum atomic E-state index is -0.673. The number of aryl methyl sites for hydroxylation is 1. The summed E-state index contributed by atoms with van der Waals surface area (Å²) in [6.07, 6.45) is 0.0315. The van der Waals surface area contributed by atoms with Crippen LogP contribution < -0.4 is 10.2 Å². The van der Waals surface area contributed by atoms with Crippen LogP contribution in [0.2, 0.25) is 10.0 Å². The molecule has 0 atom stereocenters. The van der Waals surface area contributed by atoms with Gasteiger partial charge in [0.25, 0.3) is 5.89 Å². The highest BCUT2D eigenvalue weighted by Gasteiger charge is 2.20. The van der Waals surface area contributed by atoms with Crippen molar-refractivity contribution in [1.82, 2.24) is 15.2 Å². The molecule has 0 amide bonds. The molecule has 0 radical (unpaired) electrons. The summed E-state index contributed by atoms with van der Waals surface area (Å²) < 4.78 is 26.9. The summed E-state index contributed by atoms with van der Waals surface area (Å²) in [5, 5.41) is 18.8. The number of fused-ring (bicyclic) bond motifs is 1. The quantitative estimate of drug-likeness (QED) is 0.320. The van der Waals surface area contributed by atoms with E-state index < -0.39 is 5.82 Å². The molecule has 0 saturated heterocycles. The maximum atomic E-state index is 15.4. The molecule has 0 aliphatic rings. The SMILES string of the molecule is Bc1ccc2[nH]c(-c3nnc(Cc4ccc(Cl)c(Oc5cc(Cl)cc(C#N)c5)c4F)o3)c(C)c2c1. The van der Waals surface area contributed by atoms with Crippen molar-refractivity contribution in [3.8, 4) is 29.2 Å². The molecule has 35 heavy (non-hydrogen) atoms. The van der Waals surface area contributed by atoms with Crippen LogP contribution in [0.15, 0.2) is 52.9 Å². The number of hydrogen-bond acceptors (Lipinski definition) is 5. The first kappa shape index (κ1) is 23.0. The summed E-state index contributed by atoms with van der Waals surface area (Å²) in [6, 6.07) is 15.5. The van der Waals surface area contributed by atoms with Crippen LogP contribution in [0, 0.1) is 24.1 Å². The van der Waals surface area contributed by atoms with Gasteiger partial charge in [-0.3, -0.25) is 0 Å². The van der Waals surface area contributed by atoms with E-state index in [9.17, 15) is 0 Å². The van der Waals surface area contributed by atoms with Gasteiger partial charge in [-0.25, -0.2) is 4.39 Å². The molecule has 5 aromatic rings. The van der Waals surface area contributed by atoms with Crippen molar-refractivity contribution in [1.29, 1.82) is 5.26 Å². The molecule has 0 aliphatic carbocycles. The topological polar surface area (TPSA) is 87.7 Å². The Morgan fingerprint density at radius 1 is 1.14 bits per heavy atom. The summed E-state index contributed by atoms with van der Waals surface area (Å²) in [4.78, 5) is 3.31. The molecule has 0 aliphatic heterocycles. The largest absolute Gasteiger partial charge is 0.453 e. The van der Waals surface area contributed by atoms with E-state index in [4.69, 9.17) is 37.6 Å². The molecule has 1 N–H and O–H groups in total. The molecule has 0 bridgehead atoms. The Hall–Kier alpha value is -3.80. The zero-order valence-electron chi connectivity index (χ0n) is 18.6. The Balaban J connectivity index is 1.44. The number of nitrogens with one attached hydrogen (secondary N) is 1. The van der Waals surface area contributed by atoms with Crippen LogP contribution >= 0.6 is 23.2 Å². The lowest BCUT2D eigenvalue weighted by molar-refractivity contribution is 0.437.